The van der Waals surface area contributed by atoms with Crippen LogP contribution < -0.4 is 10.6 Å². The zero-order chi connectivity index (χ0) is 21.4. The highest BCUT2D eigenvalue weighted by molar-refractivity contribution is 6.23. The SMILES string of the molecule is C=CN(N=C)C1CC(CNc2ccc3c(c2)C(=O)N(C2CCC(=O)NC2=O)C3=O)C1. The number of fused-ring (bicyclic) bond motifs is 1. The van der Waals surface area contributed by atoms with Gasteiger partial charge in [0.2, 0.25) is 11.8 Å². The fraction of sp³-hybridized carbons (Fsp3) is 0.381. The molecule has 9 heteroatoms. The van der Waals surface area contributed by atoms with Gasteiger partial charge in [0.15, 0.2) is 0 Å². The molecule has 2 fully saturated rings. The lowest BCUT2D eigenvalue weighted by Gasteiger charge is -2.39. The number of hydrogen-bond acceptors (Lipinski definition) is 7. The molecule has 1 aliphatic carbocycles. The van der Waals surface area contributed by atoms with Gasteiger partial charge in [0.25, 0.3) is 11.8 Å². The van der Waals surface area contributed by atoms with E-state index in [2.05, 4.69) is 29.0 Å². The highest BCUT2D eigenvalue weighted by Crippen LogP contribution is 2.33. The van der Waals surface area contributed by atoms with Gasteiger partial charge in [-0.3, -0.25) is 34.4 Å². The van der Waals surface area contributed by atoms with Crippen LogP contribution in [0.1, 0.15) is 46.4 Å². The van der Waals surface area contributed by atoms with Gasteiger partial charge < -0.3 is 5.32 Å². The van der Waals surface area contributed by atoms with Crippen LogP contribution >= 0.6 is 0 Å². The Bertz CT molecular complexity index is 945. The van der Waals surface area contributed by atoms with Crippen molar-refractivity contribution in [1.82, 2.24) is 15.2 Å². The lowest BCUT2D eigenvalue weighted by atomic mass is 9.80. The number of imide groups is 2. The van der Waals surface area contributed by atoms with Crippen LogP contribution in [-0.4, -0.2) is 58.9 Å². The van der Waals surface area contributed by atoms with Crippen LogP contribution in [0.25, 0.3) is 0 Å². The molecule has 1 unspecified atom stereocenters. The highest BCUT2D eigenvalue weighted by atomic mass is 16.2. The van der Waals surface area contributed by atoms with E-state index in [4.69, 9.17) is 0 Å². The molecule has 30 heavy (non-hydrogen) atoms. The average molecular weight is 409 g/mol. The van der Waals surface area contributed by atoms with Gasteiger partial charge in [0.05, 0.1) is 17.2 Å². The molecule has 0 bridgehead atoms. The van der Waals surface area contributed by atoms with Crippen molar-refractivity contribution in [3.05, 3.63) is 42.1 Å². The normalized spacial score (nSPS) is 25.3. The van der Waals surface area contributed by atoms with E-state index in [9.17, 15) is 19.2 Å². The van der Waals surface area contributed by atoms with Crippen molar-refractivity contribution in [2.75, 3.05) is 11.9 Å². The predicted molar refractivity (Wildman–Crippen MR) is 110 cm³/mol. The number of carbonyl (C=O) groups excluding carboxylic acids is 4. The van der Waals surface area contributed by atoms with Crippen LogP contribution in [-0.2, 0) is 9.59 Å². The minimum Gasteiger partial charge on any atom is -0.385 e. The molecular formula is C21H23N5O4. The molecule has 4 rings (SSSR count). The minimum absolute atomic E-state index is 0.101. The second-order valence-corrected chi connectivity index (χ2v) is 7.78. The summed E-state index contributed by atoms with van der Waals surface area (Å²) in [6, 6.07) is 4.38. The Morgan fingerprint density at radius 3 is 2.60 bits per heavy atom. The Kier molecular flexibility index (Phi) is 5.11. The Labute approximate surface area is 173 Å². The van der Waals surface area contributed by atoms with E-state index >= 15 is 0 Å². The van der Waals surface area contributed by atoms with E-state index < -0.39 is 29.7 Å². The fourth-order valence-corrected chi connectivity index (χ4v) is 4.25. The number of hydrogen-bond donors (Lipinski definition) is 2. The first-order chi connectivity index (χ1) is 14.4. The minimum atomic E-state index is -0.954. The van der Waals surface area contributed by atoms with Crippen molar-refractivity contribution < 1.29 is 19.2 Å². The van der Waals surface area contributed by atoms with Gasteiger partial charge in [-0.2, -0.15) is 5.10 Å². The molecular weight excluding hydrogens is 386 g/mol. The zero-order valence-corrected chi connectivity index (χ0v) is 16.5. The summed E-state index contributed by atoms with van der Waals surface area (Å²) in [5, 5.41) is 11.2. The van der Waals surface area contributed by atoms with Gasteiger partial charge in [-0.1, -0.05) is 6.58 Å². The molecule has 3 aliphatic rings. The van der Waals surface area contributed by atoms with Gasteiger partial charge in [0, 0.05) is 31.6 Å². The average Bonchev–Trinajstić information content (AvgIpc) is 2.94. The molecule has 0 radical (unpaired) electrons. The first kappa shape index (κ1) is 19.8. The number of rotatable bonds is 7. The molecule has 9 nitrogen and oxygen atoms in total. The van der Waals surface area contributed by atoms with Crippen molar-refractivity contribution in [1.29, 1.82) is 0 Å². The number of nitrogens with zero attached hydrogens (tertiary/aromatic N) is 3. The van der Waals surface area contributed by atoms with E-state index in [0.717, 1.165) is 30.0 Å². The van der Waals surface area contributed by atoms with Crippen molar-refractivity contribution in [3.8, 4) is 0 Å². The van der Waals surface area contributed by atoms with Crippen molar-refractivity contribution >= 4 is 36.0 Å². The third-order valence-corrected chi connectivity index (χ3v) is 5.97. The Morgan fingerprint density at radius 2 is 1.93 bits per heavy atom. The van der Waals surface area contributed by atoms with Crippen molar-refractivity contribution in [2.24, 2.45) is 11.0 Å². The van der Waals surface area contributed by atoms with Crippen molar-refractivity contribution in [2.45, 2.75) is 37.8 Å². The molecule has 0 aromatic heterocycles. The van der Waals surface area contributed by atoms with Gasteiger partial charge in [0.1, 0.15) is 6.04 Å². The van der Waals surface area contributed by atoms with Gasteiger partial charge in [-0.25, -0.2) is 0 Å². The Morgan fingerprint density at radius 1 is 1.20 bits per heavy atom. The molecule has 0 spiro atoms. The Hall–Kier alpha value is -3.49. The van der Waals surface area contributed by atoms with E-state index in [-0.39, 0.29) is 24.0 Å². The second-order valence-electron chi connectivity index (χ2n) is 7.78. The number of benzene rings is 1. The lowest BCUT2D eigenvalue weighted by Crippen LogP contribution is -2.54. The lowest BCUT2D eigenvalue weighted by molar-refractivity contribution is -0.136. The summed E-state index contributed by atoms with van der Waals surface area (Å²) >= 11 is 0. The molecule has 2 heterocycles. The maximum atomic E-state index is 12.9. The summed E-state index contributed by atoms with van der Waals surface area (Å²) in [6.07, 6.45) is 3.83. The van der Waals surface area contributed by atoms with Crippen LogP contribution in [0.3, 0.4) is 0 Å². The quantitative estimate of drug-likeness (QED) is 0.399. The second kappa shape index (κ2) is 7.74. The fourth-order valence-electron chi connectivity index (χ4n) is 4.25. The zero-order valence-electron chi connectivity index (χ0n) is 16.5. The molecule has 1 aromatic rings. The number of anilines is 1. The summed E-state index contributed by atoms with van der Waals surface area (Å²) in [5.74, 6) is -1.54. The number of hydrazone groups is 1. The summed E-state index contributed by atoms with van der Waals surface area (Å²) in [4.78, 5) is 50.0. The van der Waals surface area contributed by atoms with E-state index in [0.29, 0.717) is 12.0 Å². The van der Waals surface area contributed by atoms with Crippen LogP contribution in [0.15, 0.2) is 36.1 Å². The molecule has 1 saturated heterocycles. The maximum absolute atomic E-state index is 12.9. The molecule has 2 N–H and O–H groups in total. The Balaban J connectivity index is 1.40. The third kappa shape index (κ3) is 3.36. The predicted octanol–water partition coefficient (Wildman–Crippen LogP) is 1.34. The monoisotopic (exact) mass is 409 g/mol. The topological polar surface area (TPSA) is 111 Å². The van der Waals surface area contributed by atoms with E-state index in [1.165, 1.54) is 0 Å². The first-order valence-corrected chi connectivity index (χ1v) is 9.90. The first-order valence-electron chi connectivity index (χ1n) is 9.90. The summed E-state index contributed by atoms with van der Waals surface area (Å²) in [7, 11) is 0. The van der Waals surface area contributed by atoms with Gasteiger partial charge in [-0.15, -0.1) is 0 Å². The van der Waals surface area contributed by atoms with Gasteiger partial charge in [-0.05, 0) is 43.4 Å². The van der Waals surface area contributed by atoms with Crippen molar-refractivity contribution in [3.63, 3.8) is 0 Å². The van der Waals surface area contributed by atoms with Crippen LogP contribution in [0.4, 0.5) is 5.69 Å². The number of piperidine rings is 1. The summed E-state index contributed by atoms with van der Waals surface area (Å²) < 4.78 is 0. The maximum Gasteiger partial charge on any atom is 0.262 e. The van der Waals surface area contributed by atoms with E-state index in [1.54, 1.807) is 29.4 Å². The molecule has 2 aliphatic heterocycles. The summed E-state index contributed by atoms with van der Waals surface area (Å²) in [6.45, 7) is 7.98. The summed E-state index contributed by atoms with van der Waals surface area (Å²) in [5.41, 5.74) is 1.29. The van der Waals surface area contributed by atoms with E-state index in [1.807, 2.05) is 0 Å². The molecule has 1 saturated carbocycles. The highest BCUT2D eigenvalue weighted by Gasteiger charge is 2.44. The number of nitrogens with one attached hydrogen (secondary N) is 2. The van der Waals surface area contributed by atoms with Crippen LogP contribution in [0.5, 0.6) is 0 Å². The number of carbonyl (C=O) groups is 4. The smallest absolute Gasteiger partial charge is 0.262 e. The molecule has 4 amide bonds. The molecule has 156 valence electrons. The number of amides is 4. The molecule has 1 aromatic carbocycles. The molecule has 1 atom stereocenters. The van der Waals surface area contributed by atoms with Gasteiger partial charge >= 0.3 is 0 Å². The van der Waals surface area contributed by atoms with Crippen LogP contribution in [0.2, 0.25) is 0 Å². The largest absolute Gasteiger partial charge is 0.385 e. The van der Waals surface area contributed by atoms with Crippen LogP contribution in [0, 0.1) is 5.92 Å². The third-order valence-electron chi connectivity index (χ3n) is 5.97. The standard InChI is InChI=1S/C21H23N5O4/c1-3-25(22-2)14-8-12(9-14)11-23-13-4-5-15-16(10-13)21(30)26(20(15)29)17-6-7-18(27)24-19(17)28/h3-5,10,12,14,17,23H,1-2,6-9,11H2,(H,24,27,28).